The van der Waals surface area contributed by atoms with Gasteiger partial charge in [-0.05, 0) is 52.8 Å². The predicted molar refractivity (Wildman–Crippen MR) is 109 cm³/mol. The fraction of sp³-hybridized carbons (Fsp3) is 0.400. The topological polar surface area (TPSA) is 88.3 Å². The number of likely N-dealkylation sites (N-methyl/N-ethyl adjacent to an activating group) is 1. The molecule has 0 fully saturated rings. The molecule has 3 heterocycles. The Morgan fingerprint density at radius 3 is 2.57 bits per heavy atom. The summed E-state index contributed by atoms with van der Waals surface area (Å²) < 4.78 is 5.32. The van der Waals surface area contributed by atoms with Crippen LogP contribution in [-0.2, 0) is 4.79 Å². The van der Waals surface area contributed by atoms with Crippen LogP contribution in [0.4, 0.5) is 0 Å². The van der Waals surface area contributed by atoms with Crippen LogP contribution in [0.25, 0.3) is 21.7 Å². The van der Waals surface area contributed by atoms with Crippen molar-refractivity contribution >= 4 is 34.3 Å². The fourth-order valence-electron chi connectivity index (χ4n) is 3.12. The molecule has 0 aliphatic heterocycles. The van der Waals surface area contributed by atoms with Crippen LogP contribution in [-0.4, -0.2) is 46.0 Å². The molecule has 3 aromatic heterocycles. The Labute approximate surface area is 167 Å². The molecule has 1 atom stereocenters. The van der Waals surface area contributed by atoms with Gasteiger partial charge in [-0.15, -0.1) is 11.3 Å². The maximum atomic E-state index is 13.0. The molecule has 8 heteroatoms. The molecule has 0 saturated carbocycles. The van der Waals surface area contributed by atoms with E-state index in [1.165, 1.54) is 0 Å². The maximum Gasteiger partial charge on any atom is 0.259 e. The highest BCUT2D eigenvalue weighted by Gasteiger charge is 2.24. The second-order valence-electron chi connectivity index (χ2n) is 6.62. The van der Waals surface area contributed by atoms with E-state index in [4.69, 9.17) is 4.52 Å². The van der Waals surface area contributed by atoms with Crippen molar-refractivity contribution in [1.82, 2.24) is 20.4 Å². The molecule has 0 aliphatic rings. The Morgan fingerprint density at radius 1 is 1.25 bits per heavy atom. The number of rotatable bonds is 6. The average molecular weight is 401 g/mol. The van der Waals surface area contributed by atoms with Gasteiger partial charge in [0.25, 0.3) is 11.6 Å². The number of carbonyl (C=O) groups is 2. The van der Waals surface area contributed by atoms with E-state index in [1.54, 1.807) is 36.2 Å². The lowest BCUT2D eigenvalue weighted by Gasteiger charge is -2.23. The molecule has 28 heavy (non-hydrogen) atoms. The number of amides is 2. The van der Waals surface area contributed by atoms with Crippen molar-refractivity contribution in [1.29, 1.82) is 0 Å². The van der Waals surface area contributed by atoms with E-state index < -0.39 is 6.04 Å². The Hall–Kier alpha value is -2.74. The lowest BCUT2D eigenvalue weighted by molar-refractivity contribution is -0.132. The van der Waals surface area contributed by atoms with Crippen molar-refractivity contribution < 1.29 is 14.1 Å². The van der Waals surface area contributed by atoms with Gasteiger partial charge in [0.2, 0.25) is 5.91 Å². The number of nitrogens with one attached hydrogen (secondary N) is 1. The number of pyridine rings is 1. The van der Waals surface area contributed by atoms with Gasteiger partial charge in [-0.25, -0.2) is 4.98 Å². The van der Waals surface area contributed by atoms with Gasteiger partial charge in [0.1, 0.15) is 6.04 Å². The highest BCUT2D eigenvalue weighted by molar-refractivity contribution is 7.15. The van der Waals surface area contributed by atoms with Crippen LogP contribution < -0.4 is 5.32 Å². The number of aryl methyl sites for hydroxylation is 2. The van der Waals surface area contributed by atoms with Crippen molar-refractivity contribution in [2.45, 2.75) is 40.7 Å². The lowest BCUT2D eigenvalue weighted by Crippen LogP contribution is -2.46. The number of hydrogen-bond acceptors (Lipinski definition) is 6. The van der Waals surface area contributed by atoms with Crippen molar-refractivity contribution in [3.8, 4) is 10.6 Å². The van der Waals surface area contributed by atoms with Crippen LogP contribution in [0.3, 0.4) is 0 Å². The van der Waals surface area contributed by atoms with Crippen LogP contribution in [0.5, 0.6) is 0 Å². The largest absolute Gasteiger partial charge is 0.341 e. The summed E-state index contributed by atoms with van der Waals surface area (Å²) in [6, 6.07) is 5.07. The van der Waals surface area contributed by atoms with E-state index in [-0.39, 0.29) is 11.8 Å². The molecule has 3 aromatic rings. The summed E-state index contributed by atoms with van der Waals surface area (Å²) in [5.41, 5.74) is 1.96. The van der Waals surface area contributed by atoms with Gasteiger partial charge in [-0.2, -0.15) is 0 Å². The lowest BCUT2D eigenvalue weighted by atomic mass is 10.1. The van der Waals surface area contributed by atoms with Crippen LogP contribution in [0.1, 0.15) is 41.7 Å². The van der Waals surface area contributed by atoms with Crippen molar-refractivity contribution in [2.75, 3.05) is 13.1 Å². The number of aromatic nitrogens is 2. The number of fused-ring (bicyclic) bond motifs is 1. The fourth-order valence-corrected chi connectivity index (χ4v) is 3.95. The Morgan fingerprint density at radius 2 is 1.96 bits per heavy atom. The van der Waals surface area contributed by atoms with Gasteiger partial charge >= 0.3 is 0 Å². The third-order valence-electron chi connectivity index (χ3n) is 4.65. The third kappa shape index (κ3) is 3.77. The molecule has 2 amide bonds. The highest BCUT2D eigenvalue weighted by Crippen LogP contribution is 2.31. The molecule has 0 radical (unpaired) electrons. The zero-order valence-corrected chi connectivity index (χ0v) is 17.5. The molecular weight excluding hydrogens is 376 g/mol. The monoisotopic (exact) mass is 400 g/mol. The number of carbonyl (C=O) groups excluding carboxylic acids is 2. The Bertz CT molecular complexity index is 1020. The van der Waals surface area contributed by atoms with Crippen molar-refractivity contribution in [3.05, 3.63) is 34.3 Å². The predicted octanol–water partition coefficient (Wildman–Crippen LogP) is 3.55. The summed E-state index contributed by atoms with van der Waals surface area (Å²) in [7, 11) is 0. The minimum Gasteiger partial charge on any atom is -0.341 e. The molecule has 0 unspecified atom stereocenters. The molecule has 0 aliphatic carbocycles. The molecule has 0 aromatic carbocycles. The normalized spacial score (nSPS) is 12.2. The first-order chi connectivity index (χ1) is 13.3. The molecular formula is C20H24N4O3S. The summed E-state index contributed by atoms with van der Waals surface area (Å²) in [5, 5.41) is 7.34. The van der Waals surface area contributed by atoms with Gasteiger partial charge in [-0.3, -0.25) is 9.59 Å². The quantitative estimate of drug-likeness (QED) is 0.683. The van der Waals surface area contributed by atoms with Crippen molar-refractivity contribution in [3.63, 3.8) is 0 Å². The van der Waals surface area contributed by atoms with Crippen LogP contribution in [0, 0.1) is 13.8 Å². The van der Waals surface area contributed by atoms with Gasteiger partial charge in [0, 0.05) is 18.0 Å². The SMILES string of the molecule is CCN(CC)C(=O)[C@H](C)NC(=O)c1cc(-c2ccc(C)s2)nc2onc(C)c12. The van der Waals surface area contributed by atoms with Gasteiger partial charge < -0.3 is 14.7 Å². The second kappa shape index (κ2) is 8.10. The van der Waals surface area contributed by atoms with E-state index >= 15 is 0 Å². The zero-order valence-electron chi connectivity index (χ0n) is 16.7. The summed E-state index contributed by atoms with van der Waals surface area (Å²) >= 11 is 1.59. The molecule has 148 valence electrons. The Kier molecular flexibility index (Phi) is 5.79. The maximum absolute atomic E-state index is 13.0. The molecule has 3 rings (SSSR count). The minimum atomic E-state index is -0.636. The van der Waals surface area contributed by atoms with Crippen LogP contribution >= 0.6 is 11.3 Å². The average Bonchev–Trinajstić information content (AvgIpc) is 3.27. The smallest absolute Gasteiger partial charge is 0.259 e. The van der Waals surface area contributed by atoms with Gasteiger partial charge in [0.05, 0.1) is 27.2 Å². The molecule has 7 nitrogen and oxygen atoms in total. The molecule has 1 N–H and O–H groups in total. The first-order valence-electron chi connectivity index (χ1n) is 9.29. The third-order valence-corrected chi connectivity index (χ3v) is 5.67. The van der Waals surface area contributed by atoms with E-state index in [1.807, 2.05) is 32.9 Å². The summed E-state index contributed by atoms with van der Waals surface area (Å²) in [5.74, 6) is -0.457. The first-order valence-corrected chi connectivity index (χ1v) is 10.1. The summed E-state index contributed by atoms with van der Waals surface area (Å²) in [4.78, 5) is 33.8. The number of thiophene rings is 1. The highest BCUT2D eigenvalue weighted by atomic mass is 32.1. The van der Waals surface area contributed by atoms with E-state index in [0.717, 1.165) is 9.75 Å². The van der Waals surface area contributed by atoms with E-state index in [2.05, 4.69) is 15.5 Å². The van der Waals surface area contributed by atoms with Gasteiger partial charge in [0.15, 0.2) is 0 Å². The first kappa shape index (κ1) is 20.0. The Balaban J connectivity index is 1.97. The standard InChI is InChI=1S/C20H24N4O3S/c1-6-24(7-2)20(26)13(5)21-18(25)14-10-15(16-9-8-11(3)28-16)22-19-17(14)12(4)23-27-19/h8-10,13H,6-7H2,1-5H3,(H,21,25)/t13-/m0/s1. The molecule has 0 bridgehead atoms. The van der Waals surface area contributed by atoms with E-state index in [9.17, 15) is 9.59 Å². The molecule has 0 saturated heterocycles. The van der Waals surface area contributed by atoms with Crippen LogP contribution in [0.2, 0.25) is 0 Å². The number of nitrogens with zero attached hydrogens (tertiary/aromatic N) is 3. The second-order valence-corrected chi connectivity index (χ2v) is 7.91. The minimum absolute atomic E-state index is 0.111. The van der Waals surface area contributed by atoms with E-state index in [0.29, 0.717) is 41.1 Å². The summed E-state index contributed by atoms with van der Waals surface area (Å²) in [6.45, 7) is 10.5. The van der Waals surface area contributed by atoms with Gasteiger partial charge in [-0.1, -0.05) is 5.16 Å². The number of hydrogen-bond donors (Lipinski definition) is 1. The van der Waals surface area contributed by atoms with Crippen molar-refractivity contribution in [2.24, 2.45) is 0 Å². The molecule has 0 spiro atoms. The van der Waals surface area contributed by atoms with Crippen LogP contribution in [0.15, 0.2) is 22.7 Å². The summed E-state index contributed by atoms with van der Waals surface area (Å²) in [6.07, 6.45) is 0. The zero-order chi connectivity index (χ0) is 20.4.